The van der Waals surface area contributed by atoms with E-state index in [4.69, 9.17) is 5.73 Å². The summed E-state index contributed by atoms with van der Waals surface area (Å²) in [4.78, 5) is 13.8. The first-order valence-corrected chi connectivity index (χ1v) is 6.60. The van der Waals surface area contributed by atoms with Gasteiger partial charge in [-0.25, -0.2) is 0 Å². The van der Waals surface area contributed by atoms with E-state index in [2.05, 4.69) is 28.9 Å². The van der Waals surface area contributed by atoms with Crippen LogP contribution in [-0.2, 0) is 11.3 Å². The topological polar surface area (TPSA) is 58.4 Å². The standard InChI is InChI=1S/C15H23N3O/c1-2-10-17-15(19)13-18(11-6-9-16)12-14-7-4-3-5-8-14/h2-5,7-8H,1,6,9-13,16H2,(H,17,19). The van der Waals surface area contributed by atoms with Crippen molar-refractivity contribution in [2.45, 2.75) is 13.0 Å². The van der Waals surface area contributed by atoms with E-state index < -0.39 is 0 Å². The van der Waals surface area contributed by atoms with Gasteiger partial charge in [0.2, 0.25) is 5.91 Å². The lowest BCUT2D eigenvalue weighted by molar-refractivity contribution is -0.122. The minimum Gasteiger partial charge on any atom is -0.352 e. The lowest BCUT2D eigenvalue weighted by Gasteiger charge is -2.21. The third-order valence-electron chi connectivity index (χ3n) is 2.74. The van der Waals surface area contributed by atoms with E-state index in [-0.39, 0.29) is 5.91 Å². The van der Waals surface area contributed by atoms with Gasteiger partial charge in [-0.15, -0.1) is 6.58 Å². The summed E-state index contributed by atoms with van der Waals surface area (Å²) in [5, 5.41) is 2.80. The molecule has 0 aliphatic rings. The van der Waals surface area contributed by atoms with E-state index >= 15 is 0 Å². The van der Waals surface area contributed by atoms with Crippen molar-refractivity contribution >= 4 is 5.91 Å². The van der Waals surface area contributed by atoms with Gasteiger partial charge in [-0.3, -0.25) is 9.69 Å². The number of rotatable bonds is 9. The number of amides is 1. The molecule has 0 heterocycles. The van der Waals surface area contributed by atoms with E-state index in [0.717, 1.165) is 19.5 Å². The smallest absolute Gasteiger partial charge is 0.234 e. The van der Waals surface area contributed by atoms with Crippen LogP contribution in [0.2, 0.25) is 0 Å². The quantitative estimate of drug-likeness (QED) is 0.655. The number of carbonyl (C=O) groups excluding carboxylic acids is 1. The lowest BCUT2D eigenvalue weighted by atomic mass is 10.2. The van der Waals surface area contributed by atoms with Crippen LogP contribution in [0.5, 0.6) is 0 Å². The number of hydrogen-bond donors (Lipinski definition) is 2. The van der Waals surface area contributed by atoms with Gasteiger partial charge in [0.1, 0.15) is 0 Å². The lowest BCUT2D eigenvalue weighted by Crippen LogP contribution is -2.37. The van der Waals surface area contributed by atoms with Crippen molar-refractivity contribution in [3.8, 4) is 0 Å². The molecule has 1 aromatic carbocycles. The summed E-state index contributed by atoms with van der Waals surface area (Å²) >= 11 is 0. The van der Waals surface area contributed by atoms with Gasteiger partial charge in [0, 0.05) is 19.6 Å². The van der Waals surface area contributed by atoms with Crippen LogP contribution in [0.1, 0.15) is 12.0 Å². The zero-order valence-corrected chi connectivity index (χ0v) is 11.3. The molecule has 104 valence electrons. The van der Waals surface area contributed by atoms with Crippen LogP contribution in [0.4, 0.5) is 0 Å². The molecule has 0 atom stereocenters. The van der Waals surface area contributed by atoms with E-state index in [0.29, 0.717) is 19.6 Å². The molecule has 0 aliphatic heterocycles. The largest absolute Gasteiger partial charge is 0.352 e. The maximum Gasteiger partial charge on any atom is 0.234 e. The molecule has 0 spiro atoms. The first-order chi connectivity index (χ1) is 9.26. The summed E-state index contributed by atoms with van der Waals surface area (Å²) in [7, 11) is 0. The highest BCUT2D eigenvalue weighted by Crippen LogP contribution is 2.04. The van der Waals surface area contributed by atoms with Gasteiger partial charge in [-0.1, -0.05) is 36.4 Å². The minimum atomic E-state index is 0.0212. The average Bonchev–Trinajstić information content (AvgIpc) is 2.43. The highest BCUT2D eigenvalue weighted by molar-refractivity contribution is 5.78. The molecule has 0 radical (unpaired) electrons. The second kappa shape index (κ2) is 9.30. The highest BCUT2D eigenvalue weighted by Gasteiger charge is 2.10. The van der Waals surface area contributed by atoms with E-state index in [1.165, 1.54) is 5.56 Å². The number of nitrogens with zero attached hydrogens (tertiary/aromatic N) is 1. The Morgan fingerprint density at radius 1 is 1.37 bits per heavy atom. The molecule has 1 amide bonds. The summed E-state index contributed by atoms with van der Waals surface area (Å²) in [6, 6.07) is 10.1. The number of nitrogens with one attached hydrogen (secondary N) is 1. The molecular formula is C15H23N3O. The van der Waals surface area contributed by atoms with Crippen molar-refractivity contribution in [1.82, 2.24) is 10.2 Å². The number of nitrogens with two attached hydrogens (primary N) is 1. The third-order valence-corrected chi connectivity index (χ3v) is 2.74. The Balaban J connectivity index is 2.51. The summed E-state index contributed by atoms with van der Waals surface area (Å²) < 4.78 is 0. The molecule has 0 aliphatic carbocycles. The monoisotopic (exact) mass is 261 g/mol. The number of benzene rings is 1. The minimum absolute atomic E-state index is 0.0212. The molecule has 0 saturated heterocycles. The molecule has 0 unspecified atom stereocenters. The maximum atomic E-state index is 11.7. The number of carbonyl (C=O) groups is 1. The Hall–Kier alpha value is -1.65. The fraction of sp³-hybridized carbons (Fsp3) is 0.400. The summed E-state index contributed by atoms with van der Waals surface area (Å²) in [6.45, 7) is 6.72. The molecule has 19 heavy (non-hydrogen) atoms. The molecule has 0 aromatic heterocycles. The van der Waals surface area contributed by atoms with Crippen LogP contribution in [0.15, 0.2) is 43.0 Å². The van der Waals surface area contributed by atoms with E-state index in [9.17, 15) is 4.79 Å². The van der Waals surface area contributed by atoms with Crippen molar-refractivity contribution in [2.24, 2.45) is 5.73 Å². The molecule has 4 nitrogen and oxygen atoms in total. The molecule has 1 rings (SSSR count). The first kappa shape index (κ1) is 15.4. The second-order valence-electron chi connectivity index (χ2n) is 4.43. The number of hydrogen-bond acceptors (Lipinski definition) is 3. The van der Waals surface area contributed by atoms with Crippen LogP contribution in [-0.4, -0.2) is 37.0 Å². The first-order valence-electron chi connectivity index (χ1n) is 6.60. The van der Waals surface area contributed by atoms with Gasteiger partial charge < -0.3 is 11.1 Å². The van der Waals surface area contributed by atoms with Gasteiger partial charge >= 0.3 is 0 Å². The van der Waals surface area contributed by atoms with Gasteiger partial charge in [0.05, 0.1) is 6.54 Å². The van der Waals surface area contributed by atoms with Gasteiger partial charge in [0.15, 0.2) is 0 Å². The Labute approximate surface area is 115 Å². The van der Waals surface area contributed by atoms with Crippen LogP contribution in [0.25, 0.3) is 0 Å². The van der Waals surface area contributed by atoms with Crippen molar-refractivity contribution < 1.29 is 4.79 Å². The normalized spacial score (nSPS) is 10.4. The van der Waals surface area contributed by atoms with Gasteiger partial charge in [0.25, 0.3) is 0 Å². The molecule has 0 bridgehead atoms. The zero-order chi connectivity index (χ0) is 13.9. The Bertz CT molecular complexity index is 378. The highest BCUT2D eigenvalue weighted by atomic mass is 16.2. The van der Waals surface area contributed by atoms with Crippen LogP contribution in [0.3, 0.4) is 0 Å². The fourth-order valence-corrected chi connectivity index (χ4v) is 1.82. The predicted octanol–water partition coefficient (Wildman–Crippen LogP) is 1.14. The van der Waals surface area contributed by atoms with Crippen molar-refractivity contribution in [3.63, 3.8) is 0 Å². The zero-order valence-electron chi connectivity index (χ0n) is 11.3. The summed E-state index contributed by atoms with van der Waals surface area (Å²) in [5.74, 6) is 0.0212. The SMILES string of the molecule is C=CCNC(=O)CN(CCCN)Cc1ccccc1. The third kappa shape index (κ3) is 6.74. The second-order valence-corrected chi connectivity index (χ2v) is 4.43. The van der Waals surface area contributed by atoms with Crippen LogP contribution < -0.4 is 11.1 Å². The van der Waals surface area contributed by atoms with Crippen molar-refractivity contribution in [2.75, 3.05) is 26.2 Å². The van der Waals surface area contributed by atoms with Crippen LogP contribution in [0, 0.1) is 0 Å². The van der Waals surface area contributed by atoms with Gasteiger partial charge in [-0.05, 0) is 18.5 Å². The summed E-state index contributed by atoms with van der Waals surface area (Å²) in [6.07, 6.45) is 2.57. The molecular weight excluding hydrogens is 238 g/mol. The van der Waals surface area contributed by atoms with Crippen molar-refractivity contribution in [3.05, 3.63) is 48.6 Å². The van der Waals surface area contributed by atoms with E-state index in [1.807, 2.05) is 18.2 Å². The Morgan fingerprint density at radius 2 is 2.11 bits per heavy atom. The molecule has 1 aromatic rings. The molecule has 0 saturated carbocycles. The molecule has 0 fully saturated rings. The van der Waals surface area contributed by atoms with E-state index in [1.54, 1.807) is 6.08 Å². The Morgan fingerprint density at radius 3 is 2.74 bits per heavy atom. The molecule has 3 N–H and O–H groups in total. The van der Waals surface area contributed by atoms with Crippen molar-refractivity contribution in [1.29, 1.82) is 0 Å². The predicted molar refractivity (Wildman–Crippen MR) is 78.6 cm³/mol. The molecule has 4 heteroatoms. The van der Waals surface area contributed by atoms with Gasteiger partial charge in [-0.2, -0.15) is 0 Å². The summed E-state index contributed by atoms with van der Waals surface area (Å²) in [5.41, 5.74) is 6.75. The Kier molecular flexibility index (Phi) is 7.54. The maximum absolute atomic E-state index is 11.7. The van der Waals surface area contributed by atoms with Crippen LogP contribution >= 0.6 is 0 Å². The fourth-order valence-electron chi connectivity index (χ4n) is 1.82. The average molecular weight is 261 g/mol.